The Hall–Kier alpha value is -2.46. The highest BCUT2D eigenvalue weighted by Crippen LogP contribution is 2.50. The lowest BCUT2D eigenvalue weighted by atomic mass is 9.61. The Bertz CT molecular complexity index is 744. The molecule has 0 fully saturated rings. The van der Waals surface area contributed by atoms with E-state index in [0.29, 0.717) is 16.7 Å². The number of ketones is 1. The fourth-order valence-electron chi connectivity index (χ4n) is 2.98. The first-order chi connectivity index (χ1) is 11.3. The van der Waals surface area contributed by atoms with E-state index in [4.69, 9.17) is 0 Å². The molecular formula is C20H22O4. The van der Waals surface area contributed by atoms with E-state index in [1.807, 2.05) is 0 Å². The number of benzene rings is 1. The van der Waals surface area contributed by atoms with Gasteiger partial charge in [0.2, 0.25) is 0 Å². The first kappa shape index (κ1) is 17.9. The number of Topliss-reactive ketones (excluding diaryl/α,β-unsaturated/α-hetero) is 1. The predicted molar refractivity (Wildman–Crippen MR) is 92.5 cm³/mol. The Labute approximate surface area is 142 Å². The first-order valence-corrected chi connectivity index (χ1v) is 7.71. The molecule has 1 aliphatic rings. The van der Waals surface area contributed by atoms with Crippen LogP contribution in [0.2, 0.25) is 0 Å². The van der Waals surface area contributed by atoms with Crippen LogP contribution in [0.5, 0.6) is 0 Å². The average molecular weight is 326 g/mol. The van der Waals surface area contributed by atoms with Gasteiger partial charge in [0.25, 0.3) is 0 Å². The maximum atomic E-state index is 12.4. The molecule has 0 saturated heterocycles. The molecule has 0 bridgehead atoms. The van der Waals surface area contributed by atoms with Gasteiger partial charge in [-0.25, -0.2) is 4.79 Å². The molecule has 2 rings (SSSR count). The van der Waals surface area contributed by atoms with Crippen LogP contribution in [0.1, 0.15) is 36.2 Å². The summed E-state index contributed by atoms with van der Waals surface area (Å²) in [7, 11) is 1.31. The highest BCUT2D eigenvalue weighted by molar-refractivity contribution is 6.00. The summed E-state index contributed by atoms with van der Waals surface area (Å²) in [5.41, 5.74) is -0.550. The molecule has 2 unspecified atom stereocenters. The lowest BCUT2D eigenvalue weighted by molar-refractivity contribution is -0.134. The molecule has 4 nitrogen and oxygen atoms in total. The van der Waals surface area contributed by atoms with E-state index < -0.39 is 17.0 Å². The van der Waals surface area contributed by atoms with E-state index >= 15 is 0 Å². The number of carbonyl (C=O) groups is 2. The Kier molecular flexibility index (Phi) is 4.90. The maximum Gasteiger partial charge on any atom is 0.330 e. The number of aliphatic hydroxyl groups is 1. The Morgan fingerprint density at radius 3 is 2.67 bits per heavy atom. The number of esters is 1. The summed E-state index contributed by atoms with van der Waals surface area (Å²) >= 11 is 0. The van der Waals surface area contributed by atoms with Crippen molar-refractivity contribution in [3.05, 3.63) is 71.8 Å². The highest BCUT2D eigenvalue weighted by Gasteiger charge is 2.50. The van der Waals surface area contributed by atoms with Gasteiger partial charge in [-0.05, 0) is 24.1 Å². The summed E-state index contributed by atoms with van der Waals surface area (Å²) in [6.07, 6.45) is 6.39. The van der Waals surface area contributed by atoms with Crippen LogP contribution in [0.15, 0.2) is 60.7 Å². The van der Waals surface area contributed by atoms with Crippen molar-refractivity contribution in [2.75, 3.05) is 7.11 Å². The normalized spacial score (nSPS) is 27.0. The summed E-state index contributed by atoms with van der Waals surface area (Å²) < 4.78 is 4.60. The van der Waals surface area contributed by atoms with Crippen molar-refractivity contribution >= 4 is 11.8 Å². The predicted octanol–water partition coefficient (Wildman–Crippen LogP) is 3.33. The zero-order valence-electron chi connectivity index (χ0n) is 14.2. The molecule has 0 amide bonds. The van der Waals surface area contributed by atoms with Gasteiger partial charge < -0.3 is 9.84 Å². The number of ether oxygens (including phenoxy) is 1. The van der Waals surface area contributed by atoms with Crippen LogP contribution in [0, 0.1) is 5.41 Å². The minimum atomic E-state index is -1.40. The SMILES string of the molecule is C=CC1(C)CC(=O)c2ccccc2C1(O)C=CC(C)=CC(=O)OC. The third-order valence-corrected chi connectivity index (χ3v) is 4.62. The Balaban J connectivity index is 2.56. The maximum absolute atomic E-state index is 12.4. The van der Waals surface area contributed by atoms with E-state index in [2.05, 4.69) is 11.3 Å². The summed E-state index contributed by atoms with van der Waals surface area (Å²) in [5, 5.41) is 11.4. The molecule has 1 N–H and O–H groups in total. The second-order valence-electron chi connectivity index (χ2n) is 6.28. The van der Waals surface area contributed by atoms with Crippen molar-refractivity contribution in [2.24, 2.45) is 5.41 Å². The summed E-state index contributed by atoms with van der Waals surface area (Å²) in [4.78, 5) is 23.7. The molecule has 1 aliphatic carbocycles. The zero-order chi connectivity index (χ0) is 18.0. The van der Waals surface area contributed by atoms with Gasteiger partial charge in [-0.1, -0.05) is 43.3 Å². The van der Waals surface area contributed by atoms with E-state index in [1.165, 1.54) is 13.2 Å². The van der Waals surface area contributed by atoms with Crippen LogP contribution in [0.25, 0.3) is 0 Å². The summed E-state index contributed by atoms with van der Waals surface area (Å²) in [6, 6.07) is 7.03. The number of hydrogen-bond acceptors (Lipinski definition) is 4. The third-order valence-electron chi connectivity index (χ3n) is 4.62. The van der Waals surface area contributed by atoms with Crippen LogP contribution >= 0.6 is 0 Å². The summed E-state index contributed by atoms with van der Waals surface area (Å²) in [5.74, 6) is -0.484. The third kappa shape index (κ3) is 2.97. The van der Waals surface area contributed by atoms with Gasteiger partial charge in [-0.3, -0.25) is 4.79 Å². The van der Waals surface area contributed by atoms with Crippen molar-refractivity contribution in [2.45, 2.75) is 25.9 Å². The van der Waals surface area contributed by atoms with Crippen LogP contribution in [0.4, 0.5) is 0 Å². The minimum absolute atomic E-state index is 0.0205. The lowest BCUT2D eigenvalue weighted by Gasteiger charge is -2.45. The van der Waals surface area contributed by atoms with Crippen molar-refractivity contribution in [1.29, 1.82) is 0 Å². The average Bonchev–Trinajstić information content (AvgIpc) is 2.58. The van der Waals surface area contributed by atoms with E-state index in [-0.39, 0.29) is 12.2 Å². The second kappa shape index (κ2) is 6.57. The fourth-order valence-corrected chi connectivity index (χ4v) is 2.98. The topological polar surface area (TPSA) is 63.6 Å². The molecular weight excluding hydrogens is 304 g/mol. The van der Waals surface area contributed by atoms with Gasteiger partial charge in [0, 0.05) is 23.5 Å². The van der Waals surface area contributed by atoms with Gasteiger partial charge in [-0.2, -0.15) is 0 Å². The van der Waals surface area contributed by atoms with Gasteiger partial charge in [-0.15, -0.1) is 6.58 Å². The fraction of sp³-hybridized carbons (Fsp3) is 0.300. The van der Waals surface area contributed by atoms with Crippen molar-refractivity contribution in [3.8, 4) is 0 Å². The highest BCUT2D eigenvalue weighted by atomic mass is 16.5. The van der Waals surface area contributed by atoms with Gasteiger partial charge in [0.15, 0.2) is 5.78 Å². The van der Waals surface area contributed by atoms with E-state index in [0.717, 1.165) is 0 Å². The van der Waals surface area contributed by atoms with Crippen LogP contribution in [0.3, 0.4) is 0 Å². The van der Waals surface area contributed by atoms with Gasteiger partial charge in [0.05, 0.1) is 7.11 Å². The minimum Gasteiger partial charge on any atom is -0.466 e. The molecule has 1 aromatic rings. The number of methoxy groups -OCH3 is 1. The zero-order valence-corrected chi connectivity index (χ0v) is 14.2. The number of allylic oxidation sites excluding steroid dienone is 2. The molecule has 0 aliphatic heterocycles. The smallest absolute Gasteiger partial charge is 0.330 e. The molecule has 24 heavy (non-hydrogen) atoms. The van der Waals surface area contributed by atoms with Gasteiger partial charge in [0.1, 0.15) is 5.60 Å². The van der Waals surface area contributed by atoms with Crippen LogP contribution < -0.4 is 0 Å². The van der Waals surface area contributed by atoms with Crippen LogP contribution in [-0.4, -0.2) is 24.0 Å². The summed E-state index contributed by atoms with van der Waals surface area (Å²) in [6.45, 7) is 7.35. The van der Waals surface area contributed by atoms with E-state index in [1.54, 1.807) is 56.3 Å². The standard InChI is InChI=1S/C20H22O4/c1-5-19(3)13-17(21)15-8-6-7-9-16(15)20(19,23)11-10-14(2)12-18(22)24-4/h5-12,23H,1,13H2,2-4H3. The molecule has 0 spiro atoms. The monoisotopic (exact) mass is 326 g/mol. The largest absolute Gasteiger partial charge is 0.466 e. The molecule has 0 radical (unpaired) electrons. The molecule has 0 aromatic heterocycles. The Morgan fingerprint density at radius 1 is 1.38 bits per heavy atom. The Morgan fingerprint density at radius 2 is 2.04 bits per heavy atom. The van der Waals surface area contributed by atoms with Crippen molar-refractivity contribution in [1.82, 2.24) is 0 Å². The number of carbonyl (C=O) groups excluding carboxylic acids is 2. The molecule has 126 valence electrons. The van der Waals surface area contributed by atoms with Crippen molar-refractivity contribution < 1.29 is 19.4 Å². The van der Waals surface area contributed by atoms with Gasteiger partial charge >= 0.3 is 5.97 Å². The molecule has 0 heterocycles. The molecule has 0 saturated carbocycles. The van der Waals surface area contributed by atoms with Crippen LogP contribution in [-0.2, 0) is 15.1 Å². The quantitative estimate of drug-likeness (QED) is 0.399. The van der Waals surface area contributed by atoms with E-state index in [9.17, 15) is 14.7 Å². The number of rotatable bonds is 4. The molecule has 1 aromatic carbocycles. The molecule has 4 heteroatoms. The van der Waals surface area contributed by atoms with Crippen molar-refractivity contribution in [3.63, 3.8) is 0 Å². The number of hydrogen-bond donors (Lipinski definition) is 1. The lowest BCUT2D eigenvalue weighted by Crippen LogP contribution is -2.47. The first-order valence-electron chi connectivity index (χ1n) is 7.71. The second-order valence-corrected chi connectivity index (χ2v) is 6.28. The number of fused-ring (bicyclic) bond motifs is 1. The molecule has 2 atom stereocenters.